The van der Waals surface area contributed by atoms with E-state index in [1.807, 2.05) is 49.4 Å². The van der Waals surface area contributed by atoms with Crippen LogP contribution in [0.4, 0.5) is 4.39 Å². The number of nitrogens with zero attached hydrogens (tertiary/aromatic N) is 1. The molecule has 0 amide bonds. The number of oxazole rings is 1. The van der Waals surface area contributed by atoms with Crippen molar-refractivity contribution in [1.29, 1.82) is 0 Å². The van der Waals surface area contributed by atoms with Crippen LogP contribution in [0.2, 0.25) is 0 Å². The second-order valence-electron chi connectivity index (χ2n) is 7.34. The molecule has 6 nitrogen and oxygen atoms in total. The van der Waals surface area contributed by atoms with E-state index in [4.69, 9.17) is 13.9 Å². The third-order valence-electron chi connectivity index (χ3n) is 5.03. The van der Waals surface area contributed by atoms with Gasteiger partial charge in [0.05, 0.1) is 12.3 Å². The molecule has 4 rings (SSSR count). The van der Waals surface area contributed by atoms with E-state index < -0.39 is 17.3 Å². The zero-order valence-electron chi connectivity index (χ0n) is 18.0. The molecule has 3 aromatic carbocycles. The second-order valence-corrected chi connectivity index (χ2v) is 7.34. The molecule has 0 aliphatic carbocycles. The van der Waals surface area contributed by atoms with Crippen LogP contribution in [0, 0.1) is 12.7 Å². The van der Waals surface area contributed by atoms with Crippen LogP contribution in [0.1, 0.15) is 27.4 Å². The third-order valence-corrected chi connectivity index (χ3v) is 5.03. The average molecular weight is 447 g/mol. The molecule has 0 spiro atoms. The van der Waals surface area contributed by atoms with Crippen LogP contribution in [0.5, 0.6) is 11.5 Å². The molecule has 0 aliphatic heterocycles. The van der Waals surface area contributed by atoms with Gasteiger partial charge in [-0.3, -0.25) is 0 Å². The van der Waals surface area contributed by atoms with Gasteiger partial charge in [-0.05, 0) is 48.9 Å². The Kier molecular flexibility index (Phi) is 6.69. The predicted molar refractivity (Wildman–Crippen MR) is 120 cm³/mol. The maximum atomic E-state index is 13.7. The van der Waals surface area contributed by atoms with Gasteiger partial charge in [-0.2, -0.15) is 0 Å². The van der Waals surface area contributed by atoms with Crippen LogP contribution in [-0.2, 0) is 13.0 Å². The second kappa shape index (κ2) is 9.99. The maximum Gasteiger partial charge on any atom is 0.342 e. The SMILES string of the molecule is Cc1oc(-c2ccccc2)nc1CCOc1ccc(COc2cccc(F)c2C(=O)O)cc1. The fourth-order valence-electron chi connectivity index (χ4n) is 3.30. The number of benzene rings is 3. The van der Waals surface area contributed by atoms with Crippen LogP contribution in [0.15, 0.2) is 77.2 Å². The average Bonchev–Trinajstić information content (AvgIpc) is 3.19. The van der Waals surface area contributed by atoms with E-state index in [2.05, 4.69) is 4.98 Å². The molecule has 0 atom stereocenters. The smallest absolute Gasteiger partial charge is 0.342 e. The number of rotatable bonds is 9. The summed E-state index contributed by atoms with van der Waals surface area (Å²) < 4.78 is 30.8. The summed E-state index contributed by atoms with van der Waals surface area (Å²) in [6, 6.07) is 20.9. The maximum absolute atomic E-state index is 13.7. The number of aryl methyl sites for hydroxylation is 1. The molecule has 0 aliphatic rings. The van der Waals surface area contributed by atoms with Crippen molar-refractivity contribution in [3.05, 3.63) is 101 Å². The van der Waals surface area contributed by atoms with Crippen molar-refractivity contribution >= 4 is 5.97 Å². The number of carboxylic acid groups (broad SMARTS) is 1. The summed E-state index contributed by atoms with van der Waals surface area (Å²) in [4.78, 5) is 15.8. The summed E-state index contributed by atoms with van der Waals surface area (Å²) in [5, 5.41) is 9.17. The number of carboxylic acids is 1. The number of halogens is 1. The van der Waals surface area contributed by atoms with Crippen LogP contribution in [-0.4, -0.2) is 22.7 Å². The lowest BCUT2D eigenvalue weighted by atomic mass is 10.2. The summed E-state index contributed by atoms with van der Waals surface area (Å²) in [5.74, 6) is -0.173. The monoisotopic (exact) mass is 447 g/mol. The zero-order chi connectivity index (χ0) is 23.2. The fourth-order valence-corrected chi connectivity index (χ4v) is 3.30. The van der Waals surface area contributed by atoms with Crippen molar-refractivity contribution in [2.75, 3.05) is 6.61 Å². The van der Waals surface area contributed by atoms with Gasteiger partial charge in [-0.25, -0.2) is 14.2 Å². The quantitative estimate of drug-likeness (QED) is 0.355. The summed E-state index contributed by atoms with van der Waals surface area (Å²) in [6.07, 6.45) is 0.602. The highest BCUT2D eigenvalue weighted by molar-refractivity contribution is 5.91. The summed E-state index contributed by atoms with van der Waals surface area (Å²) in [7, 11) is 0. The van der Waals surface area contributed by atoms with Crippen molar-refractivity contribution in [3.8, 4) is 23.0 Å². The Morgan fingerprint density at radius 3 is 2.48 bits per heavy atom. The molecule has 0 fully saturated rings. The highest BCUT2D eigenvalue weighted by Crippen LogP contribution is 2.24. The number of aromatic carboxylic acids is 1. The lowest BCUT2D eigenvalue weighted by Gasteiger charge is -2.10. The molecule has 1 N–H and O–H groups in total. The Hall–Kier alpha value is -4.13. The molecule has 1 aromatic heterocycles. The van der Waals surface area contributed by atoms with Crippen LogP contribution in [0.3, 0.4) is 0 Å². The van der Waals surface area contributed by atoms with E-state index >= 15 is 0 Å². The largest absolute Gasteiger partial charge is 0.493 e. The highest BCUT2D eigenvalue weighted by Gasteiger charge is 2.17. The topological polar surface area (TPSA) is 81.8 Å². The fraction of sp³-hybridized carbons (Fsp3) is 0.154. The molecule has 1 heterocycles. The minimum atomic E-state index is -1.37. The Labute approximate surface area is 190 Å². The van der Waals surface area contributed by atoms with Gasteiger partial charge in [0.2, 0.25) is 5.89 Å². The first kappa shape index (κ1) is 22.1. The molecule has 7 heteroatoms. The number of aromatic nitrogens is 1. The van der Waals surface area contributed by atoms with Crippen molar-refractivity contribution < 1.29 is 28.2 Å². The number of ether oxygens (including phenoxy) is 2. The number of carbonyl (C=O) groups is 1. The first-order valence-corrected chi connectivity index (χ1v) is 10.4. The Morgan fingerprint density at radius 2 is 1.76 bits per heavy atom. The van der Waals surface area contributed by atoms with Gasteiger partial charge in [-0.1, -0.05) is 36.4 Å². The first-order valence-electron chi connectivity index (χ1n) is 10.4. The van der Waals surface area contributed by atoms with E-state index in [1.54, 1.807) is 12.1 Å². The Morgan fingerprint density at radius 1 is 1.00 bits per heavy atom. The molecular weight excluding hydrogens is 425 g/mol. The van der Waals surface area contributed by atoms with Crippen LogP contribution >= 0.6 is 0 Å². The summed E-state index contributed by atoms with van der Waals surface area (Å²) >= 11 is 0. The van der Waals surface area contributed by atoms with Crippen LogP contribution < -0.4 is 9.47 Å². The molecular formula is C26H22FNO5. The summed E-state index contributed by atoms with van der Waals surface area (Å²) in [5.41, 5.74) is 2.10. The molecule has 0 unspecified atom stereocenters. The van der Waals surface area contributed by atoms with Gasteiger partial charge in [0.15, 0.2) is 0 Å². The van der Waals surface area contributed by atoms with Crippen molar-refractivity contribution in [2.24, 2.45) is 0 Å². The van der Waals surface area contributed by atoms with Gasteiger partial charge in [0.25, 0.3) is 0 Å². The van der Waals surface area contributed by atoms with Gasteiger partial charge in [0, 0.05) is 12.0 Å². The molecule has 33 heavy (non-hydrogen) atoms. The Bertz CT molecular complexity index is 1240. The molecule has 0 radical (unpaired) electrons. The van der Waals surface area contributed by atoms with E-state index in [1.165, 1.54) is 12.1 Å². The minimum Gasteiger partial charge on any atom is -0.493 e. The summed E-state index contributed by atoms with van der Waals surface area (Å²) in [6.45, 7) is 2.42. The normalized spacial score (nSPS) is 10.7. The van der Waals surface area contributed by atoms with Gasteiger partial charge >= 0.3 is 5.97 Å². The lowest BCUT2D eigenvalue weighted by Crippen LogP contribution is -2.06. The first-order chi connectivity index (χ1) is 16.0. The van der Waals surface area contributed by atoms with E-state index in [9.17, 15) is 14.3 Å². The lowest BCUT2D eigenvalue weighted by molar-refractivity contribution is 0.0686. The van der Waals surface area contributed by atoms with Crippen LogP contribution in [0.25, 0.3) is 11.5 Å². The molecule has 0 bridgehead atoms. The zero-order valence-corrected chi connectivity index (χ0v) is 18.0. The third kappa shape index (κ3) is 5.38. The number of hydrogen-bond acceptors (Lipinski definition) is 5. The number of hydrogen-bond donors (Lipinski definition) is 1. The standard InChI is InChI=1S/C26H22FNO5/c1-17-22(28-25(33-17)19-6-3-2-4-7-19)14-15-31-20-12-10-18(11-13-20)16-32-23-9-5-8-21(27)24(23)26(29)30/h2-13H,14-16H2,1H3,(H,29,30). The predicted octanol–water partition coefficient (Wildman–Crippen LogP) is 5.69. The Balaban J connectivity index is 1.31. The molecule has 4 aromatic rings. The van der Waals surface area contributed by atoms with E-state index in [0.717, 1.165) is 28.6 Å². The van der Waals surface area contributed by atoms with Crippen molar-refractivity contribution in [1.82, 2.24) is 4.98 Å². The van der Waals surface area contributed by atoms with Gasteiger partial charge in [-0.15, -0.1) is 0 Å². The minimum absolute atomic E-state index is 0.0133. The van der Waals surface area contributed by atoms with Crippen molar-refractivity contribution in [3.63, 3.8) is 0 Å². The highest BCUT2D eigenvalue weighted by atomic mass is 19.1. The van der Waals surface area contributed by atoms with E-state index in [0.29, 0.717) is 24.7 Å². The molecule has 168 valence electrons. The molecule has 0 saturated heterocycles. The van der Waals surface area contributed by atoms with Gasteiger partial charge in [0.1, 0.15) is 35.2 Å². The van der Waals surface area contributed by atoms with Crippen molar-refractivity contribution in [2.45, 2.75) is 20.0 Å². The molecule has 0 saturated carbocycles. The van der Waals surface area contributed by atoms with Gasteiger partial charge < -0.3 is 19.0 Å². The van der Waals surface area contributed by atoms with E-state index in [-0.39, 0.29) is 12.4 Å².